The van der Waals surface area contributed by atoms with Crippen molar-refractivity contribution in [2.45, 2.75) is 38.2 Å². The first-order valence-corrected chi connectivity index (χ1v) is 7.63. The summed E-state index contributed by atoms with van der Waals surface area (Å²) in [5.41, 5.74) is 0.279. The lowest BCUT2D eigenvalue weighted by molar-refractivity contribution is 0.0911. The Morgan fingerprint density at radius 2 is 2.14 bits per heavy atom. The number of ether oxygens (including phenoxy) is 1. The van der Waals surface area contributed by atoms with Gasteiger partial charge in [-0.15, -0.1) is 0 Å². The maximum atomic E-state index is 12.0. The fourth-order valence-electron chi connectivity index (χ4n) is 2.57. The molecule has 6 heteroatoms. The van der Waals surface area contributed by atoms with Crippen molar-refractivity contribution in [3.63, 3.8) is 0 Å². The van der Waals surface area contributed by atoms with Crippen LogP contribution in [0.15, 0.2) is 12.4 Å². The number of amides is 1. The van der Waals surface area contributed by atoms with Crippen molar-refractivity contribution < 1.29 is 14.6 Å². The minimum Gasteiger partial charge on any atom is -0.476 e. The Morgan fingerprint density at radius 3 is 2.76 bits per heavy atom. The summed E-state index contributed by atoms with van der Waals surface area (Å²) in [5, 5.41) is 12.5. The molecule has 1 aromatic rings. The molecule has 6 nitrogen and oxygen atoms in total. The minimum atomic E-state index is -0.297. The Kier molecular flexibility index (Phi) is 4.34. The van der Waals surface area contributed by atoms with Gasteiger partial charge in [-0.25, -0.2) is 9.97 Å². The normalized spacial score (nSPS) is 24.8. The van der Waals surface area contributed by atoms with Crippen LogP contribution in [0.2, 0.25) is 0 Å². The molecule has 3 rings (SSSR count). The summed E-state index contributed by atoms with van der Waals surface area (Å²) in [4.78, 5) is 20.1. The van der Waals surface area contributed by atoms with E-state index in [4.69, 9.17) is 4.74 Å². The van der Waals surface area contributed by atoms with E-state index in [1.165, 1.54) is 25.2 Å². The highest BCUT2D eigenvalue weighted by Gasteiger charge is 2.25. The molecule has 0 unspecified atom stereocenters. The van der Waals surface area contributed by atoms with Gasteiger partial charge in [0.1, 0.15) is 5.69 Å². The SMILES string of the molecule is O=C(NC[C@@H]1CCC[C@@H]1O)c1cnc(OCC2CC2)cn1. The van der Waals surface area contributed by atoms with Crippen LogP contribution in [0.1, 0.15) is 42.6 Å². The molecule has 2 atom stereocenters. The highest BCUT2D eigenvalue weighted by molar-refractivity contribution is 5.91. The van der Waals surface area contributed by atoms with Crippen LogP contribution >= 0.6 is 0 Å². The first-order chi connectivity index (χ1) is 10.2. The summed E-state index contributed by atoms with van der Waals surface area (Å²) >= 11 is 0. The van der Waals surface area contributed by atoms with Gasteiger partial charge in [-0.05, 0) is 31.6 Å². The molecule has 2 aliphatic rings. The first kappa shape index (κ1) is 14.3. The highest BCUT2D eigenvalue weighted by Crippen LogP contribution is 2.29. The molecule has 2 fully saturated rings. The van der Waals surface area contributed by atoms with Gasteiger partial charge in [0, 0.05) is 12.5 Å². The second-order valence-corrected chi connectivity index (χ2v) is 5.96. The van der Waals surface area contributed by atoms with Crippen LogP contribution in [0.3, 0.4) is 0 Å². The Hall–Kier alpha value is -1.69. The molecule has 2 aliphatic carbocycles. The van der Waals surface area contributed by atoms with Crippen LogP contribution in [-0.2, 0) is 0 Å². The summed E-state index contributed by atoms with van der Waals surface area (Å²) in [7, 11) is 0. The lowest BCUT2D eigenvalue weighted by Gasteiger charge is -2.14. The quantitative estimate of drug-likeness (QED) is 0.821. The molecule has 114 valence electrons. The Bertz CT molecular complexity index is 487. The first-order valence-electron chi connectivity index (χ1n) is 7.63. The van der Waals surface area contributed by atoms with Crippen molar-refractivity contribution in [2.24, 2.45) is 11.8 Å². The molecular formula is C15H21N3O3. The predicted octanol–water partition coefficient (Wildman–Crippen LogP) is 1.16. The zero-order chi connectivity index (χ0) is 14.7. The second kappa shape index (κ2) is 6.39. The molecule has 0 bridgehead atoms. The van der Waals surface area contributed by atoms with Crippen LogP contribution in [-0.4, -0.2) is 40.2 Å². The van der Waals surface area contributed by atoms with Crippen molar-refractivity contribution in [2.75, 3.05) is 13.2 Å². The van der Waals surface area contributed by atoms with Crippen molar-refractivity contribution in [3.8, 4) is 5.88 Å². The van der Waals surface area contributed by atoms with Gasteiger partial charge in [0.15, 0.2) is 0 Å². The molecule has 0 saturated heterocycles. The minimum absolute atomic E-state index is 0.156. The van der Waals surface area contributed by atoms with Crippen molar-refractivity contribution in [1.29, 1.82) is 0 Å². The van der Waals surface area contributed by atoms with Crippen LogP contribution in [0.5, 0.6) is 5.88 Å². The molecule has 2 saturated carbocycles. The third-order valence-corrected chi connectivity index (χ3v) is 4.17. The fourth-order valence-corrected chi connectivity index (χ4v) is 2.57. The van der Waals surface area contributed by atoms with E-state index in [-0.39, 0.29) is 23.6 Å². The van der Waals surface area contributed by atoms with E-state index in [0.717, 1.165) is 19.3 Å². The molecular weight excluding hydrogens is 270 g/mol. The molecule has 0 aromatic carbocycles. The van der Waals surface area contributed by atoms with E-state index in [1.54, 1.807) is 0 Å². The number of rotatable bonds is 6. The summed E-state index contributed by atoms with van der Waals surface area (Å²) in [6.45, 7) is 1.17. The van der Waals surface area contributed by atoms with Crippen molar-refractivity contribution in [1.82, 2.24) is 15.3 Å². The molecule has 2 N–H and O–H groups in total. The van der Waals surface area contributed by atoms with Gasteiger partial charge in [0.2, 0.25) is 5.88 Å². The number of aliphatic hydroxyl groups is 1. The lowest BCUT2D eigenvalue weighted by Crippen LogP contribution is -2.32. The van der Waals surface area contributed by atoms with E-state index in [2.05, 4.69) is 15.3 Å². The van der Waals surface area contributed by atoms with E-state index in [9.17, 15) is 9.90 Å². The average molecular weight is 291 g/mol. The fraction of sp³-hybridized carbons (Fsp3) is 0.667. The molecule has 0 radical (unpaired) electrons. The zero-order valence-electron chi connectivity index (χ0n) is 12.0. The van der Waals surface area contributed by atoms with Gasteiger partial charge < -0.3 is 15.2 Å². The number of carbonyl (C=O) groups excluding carboxylic acids is 1. The van der Waals surface area contributed by atoms with Crippen LogP contribution in [0.25, 0.3) is 0 Å². The van der Waals surface area contributed by atoms with E-state index >= 15 is 0 Å². The highest BCUT2D eigenvalue weighted by atomic mass is 16.5. The predicted molar refractivity (Wildman–Crippen MR) is 75.9 cm³/mol. The number of nitrogens with zero attached hydrogens (tertiary/aromatic N) is 2. The maximum absolute atomic E-state index is 12.0. The van der Waals surface area contributed by atoms with E-state index in [0.29, 0.717) is 24.9 Å². The van der Waals surface area contributed by atoms with Crippen LogP contribution < -0.4 is 10.1 Å². The molecule has 1 heterocycles. The summed E-state index contributed by atoms with van der Waals surface area (Å²) in [6.07, 6.45) is 7.88. The van der Waals surface area contributed by atoms with Gasteiger partial charge >= 0.3 is 0 Å². The number of aliphatic hydroxyl groups excluding tert-OH is 1. The Labute approximate surface area is 123 Å². The van der Waals surface area contributed by atoms with E-state index in [1.807, 2.05) is 0 Å². The van der Waals surface area contributed by atoms with Crippen LogP contribution in [0, 0.1) is 11.8 Å². The average Bonchev–Trinajstić information content (AvgIpc) is 3.25. The number of hydrogen-bond acceptors (Lipinski definition) is 5. The Morgan fingerprint density at radius 1 is 1.29 bits per heavy atom. The Balaban J connectivity index is 1.47. The maximum Gasteiger partial charge on any atom is 0.271 e. The molecule has 0 aliphatic heterocycles. The van der Waals surface area contributed by atoms with Gasteiger partial charge in [-0.1, -0.05) is 6.42 Å². The molecule has 0 spiro atoms. The smallest absolute Gasteiger partial charge is 0.271 e. The molecule has 21 heavy (non-hydrogen) atoms. The number of aromatic nitrogens is 2. The van der Waals surface area contributed by atoms with Crippen molar-refractivity contribution in [3.05, 3.63) is 18.1 Å². The molecule has 1 aromatic heterocycles. The van der Waals surface area contributed by atoms with E-state index < -0.39 is 0 Å². The zero-order valence-corrected chi connectivity index (χ0v) is 12.0. The number of nitrogens with one attached hydrogen (secondary N) is 1. The molecule has 1 amide bonds. The van der Waals surface area contributed by atoms with Gasteiger partial charge in [-0.3, -0.25) is 4.79 Å². The summed E-state index contributed by atoms with van der Waals surface area (Å²) < 4.78 is 5.48. The third kappa shape index (κ3) is 3.91. The standard InChI is InChI=1S/C15H21N3O3/c19-13-3-1-2-11(13)6-18-15(20)12-7-17-14(8-16-12)21-9-10-4-5-10/h7-8,10-11,13,19H,1-6,9H2,(H,18,20)/t11-,13-/m0/s1. The van der Waals surface area contributed by atoms with Crippen LogP contribution in [0.4, 0.5) is 0 Å². The monoisotopic (exact) mass is 291 g/mol. The second-order valence-electron chi connectivity index (χ2n) is 5.96. The summed E-state index contributed by atoms with van der Waals surface area (Å²) in [6, 6.07) is 0. The van der Waals surface area contributed by atoms with Gasteiger partial charge in [0.25, 0.3) is 5.91 Å². The third-order valence-electron chi connectivity index (χ3n) is 4.17. The number of hydrogen-bond donors (Lipinski definition) is 2. The van der Waals surface area contributed by atoms with Gasteiger partial charge in [-0.2, -0.15) is 0 Å². The topological polar surface area (TPSA) is 84.3 Å². The van der Waals surface area contributed by atoms with Crippen molar-refractivity contribution >= 4 is 5.91 Å². The lowest BCUT2D eigenvalue weighted by atomic mass is 10.1. The summed E-state index contributed by atoms with van der Waals surface area (Å²) in [5.74, 6) is 1.02. The van der Waals surface area contributed by atoms with Gasteiger partial charge in [0.05, 0.1) is 25.1 Å². The number of carbonyl (C=O) groups is 1. The largest absolute Gasteiger partial charge is 0.476 e.